The van der Waals surface area contributed by atoms with E-state index >= 15 is 0 Å². The SMILES string of the molecule is Cc1oncc1C(=O)NC(C)(CBr)CBr. The first-order valence-corrected chi connectivity index (χ1v) is 6.62. The number of carbonyl (C=O) groups excluding carboxylic acids is 1. The summed E-state index contributed by atoms with van der Waals surface area (Å²) in [7, 11) is 0. The number of aryl methyl sites for hydroxylation is 1. The van der Waals surface area contributed by atoms with Crippen LogP contribution in [0.1, 0.15) is 23.0 Å². The van der Waals surface area contributed by atoms with E-state index in [0.29, 0.717) is 22.0 Å². The largest absolute Gasteiger partial charge is 0.361 e. The van der Waals surface area contributed by atoms with Crippen LogP contribution in [0, 0.1) is 6.92 Å². The van der Waals surface area contributed by atoms with Crippen molar-refractivity contribution in [2.45, 2.75) is 19.4 Å². The molecule has 1 amide bonds. The van der Waals surface area contributed by atoms with Gasteiger partial charge in [-0.15, -0.1) is 0 Å². The molecule has 0 radical (unpaired) electrons. The zero-order valence-corrected chi connectivity index (χ0v) is 11.7. The highest BCUT2D eigenvalue weighted by Crippen LogP contribution is 2.14. The van der Waals surface area contributed by atoms with E-state index in [4.69, 9.17) is 4.52 Å². The maximum Gasteiger partial charge on any atom is 0.256 e. The molecule has 0 saturated carbocycles. The molecule has 0 aliphatic heterocycles. The summed E-state index contributed by atoms with van der Waals surface area (Å²) in [6.45, 7) is 3.65. The number of hydrogen-bond acceptors (Lipinski definition) is 3. The quantitative estimate of drug-likeness (QED) is 0.856. The van der Waals surface area contributed by atoms with E-state index in [1.54, 1.807) is 6.92 Å². The molecule has 0 bridgehead atoms. The molecular weight excluding hydrogens is 328 g/mol. The van der Waals surface area contributed by atoms with E-state index in [0.717, 1.165) is 0 Å². The number of halogens is 2. The van der Waals surface area contributed by atoms with Crippen LogP contribution in [0.4, 0.5) is 0 Å². The third kappa shape index (κ3) is 3.04. The predicted molar refractivity (Wildman–Crippen MR) is 64.7 cm³/mol. The van der Waals surface area contributed by atoms with Gasteiger partial charge in [0.2, 0.25) is 0 Å². The minimum Gasteiger partial charge on any atom is -0.361 e. The van der Waals surface area contributed by atoms with Crippen molar-refractivity contribution < 1.29 is 9.32 Å². The fraction of sp³-hybridized carbons (Fsp3) is 0.556. The molecule has 15 heavy (non-hydrogen) atoms. The Bertz CT molecular complexity index is 348. The third-order valence-corrected chi connectivity index (χ3v) is 4.48. The maximum atomic E-state index is 11.8. The van der Waals surface area contributed by atoms with Crippen LogP contribution < -0.4 is 5.32 Å². The number of nitrogens with zero attached hydrogens (tertiary/aromatic N) is 1. The van der Waals surface area contributed by atoms with Crippen molar-refractivity contribution in [3.8, 4) is 0 Å². The summed E-state index contributed by atoms with van der Waals surface area (Å²) in [6, 6.07) is 0. The molecule has 6 heteroatoms. The molecule has 0 aliphatic rings. The van der Waals surface area contributed by atoms with Gasteiger partial charge in [0.25, 0.3) is 5.91 Å². The van der Waals surface area contributed by atoms with Crippen molar-refractivity contribution in [2.75, 3.05) is 10.7 Å². The molecule has 1 heterocycles. The van der Waals surface area contributed by atoms with E-state index in [1.807, 2.05) is 6.92 Å². The molecule has 84 valence electrons. The van der Waals surface area contributed by atoms with Crippen molar-refractivity contribution in [2.24, 2.45) is 0 Å². The number of aromatic nitrogens is 1. The molecule has 0 spiro atoms. The van der Waals surface area contributed by atoms with E-state index in [9.17, 15) is 4.79 Å². The number of nitrogens with one attached hydrogen (secondary N) is 1. The molecule has 1 aromatic rings. The van der Waals surface area contributed by atoms with Crippen molar-refractivity contribution in [1.29, 1.82) is 0 Å². The van der Waals surface area contributed by atoms with Gasteiger partial charge < -0.3 is 9.84 Å². The fourth-order valence-electron chi connectivity index (χ4n) is 0.961. The van der Waals surface area contributed by atoms with Crippen LogP contribution in [-0.4, -0.2) is 27.3 Å². The van der Waals surface area contributed by atoms with Gasteiger partial charge in [-0.25, -0.2) is 0 Å². The minimum absolute atomic E-state index is 0.171. The predicted octanol–water partition coefficient (Wildman–Crippen LogP) is 2.26. The molecule has 1 aromatic heterocycles. The first-order chi connectivity index (χ1) is 7.02. The lowest BCUT2D eigenvalue weighted by atomic mass is 10.1. The van der Waals surface area contributed by atoms with Gasteiger partial charge in [-0.1, -0.05) is 37.0 Å². The van der Waals surface area contributed by atoms with Crippen molar-refractivity contribution >= 4 is 37.8 Å². The highest BCUT2D eigenvalue weighted by atomic mass is 79.9. The van der Waals surface area contributed by atoms with Crippen molar-refractivity contribution in [3.05, 3.63) is 17.5 Å². The standard InChI is InChI=1S/C9H12Br2N2O2/c1-6-7(3-12-15-6)8(14)13-9(2,4-10)5-11/h3H,4-5H2,1-2H3,(H,13,14). The zero-order valence-electron chi connectivity index (χ0n) is 8.51. The fourth-order valence-corrected chi connectivity index (χ4v) is 2.17. The summed E-state index contributed by atoms with van der Waals surface area (Å²) in [6.07, 6.45) is 1.42. The smallest absolute Gasteiger partial charge is 0.256 e. The number of amides is 1. The van der Waals surface area contributed by atoms with Crippen molar-refractivity contribution in [3.63, 3.8) is 0 Å². The Kier molecular flexibility index (Phi) is 4.33. The average molecular weight is 340 g/mol. The van der Waals surface area contributed by atoms with Gasteiger partial charge in [-0.2, -0.15) is 0 Å². The molecule has 0 fully saturated rings. The summed E-state index contributed by atoms with van der Waals surface area (Å²) in [5.41, 5.74) is 0.156. The van der Waals surface area contributed by atoms with Crippen LogP contribution in [0.15, 0.2) is 10.7 Å². The molecule has 0 atom stereocenters. The molecule has 0 aromatic carbocycles. The highest BCUT2D eigenvalue weighted by Gasteiger charge is 2.25. The lowest BCUT2D eigenvalue weighted by Gasteiger charge is -2.26. The van der Waals surface area contributed by atoms with Gasteiger partial charge in [0.05, 0.1) is 11.7 Å². The summed E-state index contributed by atoms with van der Waals surface area (Å²) in [5, 5.41) is 7.80. The zero-order chi connectivity index (χ0) is 11.5. The second-order valence-corrected chi connectivity index (χ2v) is 4.70. The minimum atomic E-state index is -0.319. The highest BCUT2D eigenvalue weighted by molar-refractivity contribution is 9.09. The van der Waals surface area contributed by atoms with E-state index in [2.05, 4.69) is 42.3 Å². The average Bonchev–Trinajstić information content (AvgIpc) is 2.64. The number of alkyl halides is 2. The van der Waals surface area contributed by atoms with Crippen LogP contribution in [-0.2, 0) is 0 Å². The Balaban J connectivity index is 2.76. The molecule has 0 unspecified atom stereocenters. The van der Waals surface area contributed by atoms with Crippen molar-refractivity contribution in [1.82, 2.24) is 10.5 Å². The lowest BCUT2D eigenvalue weighted by molar-refractivity contribution is 0.0921. The van der Waals surface area contributed by atoms with Crippen LogP contribution in [0.2, 0.25) is 0 Å². The summed E-state index contributed by atoms with van der Waals surface area (Å²) < 4.78 is 4.83. The molecule has 4 nitrogen and oxygen atoms in total. The molecule has 1 rings (SSSR count). The second-order valence-electron chi connectivity index (χ2n) is 3.58. The summed E-state index contributed by atoms with van der Waals surface area (Å²) in [4.78, 5) is 11.8. The Labute approximate surface area is 105 Å². The van der Waals surface area contributed by atoms with Gasteiger partial charge in [-0.05, 0) is 13.8 Å². The monoisotopic (exact) mass is 338 g/mol. The third-order valence-electron chi connectivity index (χ3n) is 2.00. The van der Waals surface area contributed by atoms with Crippen LogP contribution >= 0.6 is 31.9 Å². The normalized spacial score (nSPS) is 11.5. The van der Waals surface area contributed by atoms with Crippen LogP contribution in [0.3, 0.4) is 0 Å². The molecule has 0 aliphatic carbocycles. The number of rotatable bonds is 4. The molecule has 1 N–H and O–H groups in total. The summed E-state index contributed by atoms with van der Waals surface area (Å²) >= 11 is 6.72. The first kappa shape index (κ1) is 12.7. The van der Waals surface area contributed by atoms with Gasteiger partial charge in [-0.3, -0.25) is 4.79 Å². The first-order valence-electron chi connectivity index (χ1n) is 4.38. The van der Waals surface area contributed by atoms with Crippen LogP contribution in [0.5, 0.6) is 0 Å². The number of carbonyl (C=O) groups is 1. The van der Waals surface area contributed by atoms with E-state index in [1.165, 1.54) is 6.20 Å². The lowest BCUT2D eigenvalue weighted by Crippen LogP contribution is -2.49. The number of hydrogen-bond donors (Lipinski definition) is 1. The van der Waals surface area contributed by atoms with Gasteiger partial charge in [0.15, 0.2) is 0 Å². The van der Waals surface area contributed by atoms with E-state index < -0.39 is 0 Å². The topological polar surface area (TPSA) is 55.1 Å². The summed E-state index contributed by atoms with van der Waals surface area (Å²) in [5.74, 6) is 0.356. The molecule has 0 saturated heterocycles. The Morgan fingerprint density at radius 3 is 2.60 bits per heavy atom. The van der Waals surface area contributed by atoms with Gasteiger partial charge in [0, 0.05) is 10.7 Å². The Hall–Kier alpha value is -0.360. The Morgan fingerprint density at radius 2 is 2.20 bits per heavy atom. The second kappa shape index (κ2) is 5.12. The molecular formula is C9H12Br2N2O2. The van der Waals surface area contributed by atoms with E-state index in [-0.39, 0.29) is 11.4 Å². The Morgan fingerprint density at radius 1 is 1.60 bits per heavy atom. The maximum absolute atomic E-state index is 11.8. The van der Waals surface area contributed by atoms with Gasteiger partial charge >= 0.3 is 0 Å². The van der Waals surface area contributed by atoms with Gasteiger partial charge in [0.1, 0.15) is 11.3 Å². The van der Waals surface area contributed by atoms with Crippen LogP contribution in [0.25, 0.3) is 0 Å².